The van der Waals surface area contributed by atoms with E-state index in [0.29, 0.717) is 5.75 Å². The zero-order valence-electron chi connectivity index (χ0n) is 15.2. The Morgan fingerprint density at radius 3 is 2.08 bits per heavy atom. The van der Waals surface area contributed by atoms with E-state index in [2.05, 4.69) is 32.0 Å². The third-order valence-corrected chi connectivity index (χ3v) is 4.70. The molecule has 0 radical (unpaired) electrons. The van der Waals surface area contributed by atoms with Crippen LogP contribution in [-0.4, -0.2) is 46.2 Å². The number of phenolic OH excluding ortho intramolecular Hbond substituents is 1. The van der Waals surface area contributed by atoms with Crippen LogP contribution in [0.1, 0.15) is 45.6 Å². The molecule has 1 heterocycles. The Kier molecular flexibility index (Phi) is 10.6. The van der Waals surface area contributed by atoms with Crippen LogP contribution in [0.2, 0.25) is 0 Å². The molecule has 138 valence electrons. The van der Waals surface area contributed by atoms with Gasteiger partial charge in [-0.25, -0.2) is 0 Å². The molecule has 1 aromatic heterocycles. The minimum absolute atomic E-state index is 0. The van der Waals surface area contributed by atoms with Crippen molar-refractivity contribution >= 4 is 10.9 Å². The summed E-state index contributed by atoms with van der Waals surface area (Å²) in [6.45, 7) is 11.9. The molecular weight excluding hydrogens is 415 g/mol. The molecule has 4 N–H and O–H groups in total. The van der Waals surface area contributed by atoms with Crippen molar-refractivity contribution < 1.29 is 39.0 Å². The summed E-state index contributed by atoms with van der Waals surface area (Å²) in [5.74, 6) is 0.352. The van der Waals surface area contributed by atoms with Crippen LogP contribution < -0.4 is 24.0 Å². The highest BCUT2D eigenvalue weighted by Crippen LogP contribution is 2.24. The first kappa shape index (κ1) is 23.2. The summed E-state index contributed by atoms with van der Waals surface area (Å²) in [6.07, 6.45) is 6.92. The number of fused-ring (bicyclic) bond motifs is 1. The molecule has 0 aliphatic carbocycles. The van der Waals surface area contributed by atoms with Crippen molar-refractivity contribution in [3.8, 4) is 5.75 Å². The lowest BCUT2D eigenvalue weighted by atomic mass is 10.1. The lowest BCUT2D eigenvalue weighted by molar-refractivity contribution is -0.928. The second kappa shape index (κ2) is 10.9. The number of quaternary nitrogens is 1. The minimum Gasteiger partial charge on any atom is -1.00 e. The molecule has 0 amide bonds. The van der Waals surface area contributed by atoms with Crippen LogP contribution in [-0.2, 0) is 6.42 Å². The van der Waals surface area contributed by atoms with Crippen LogP contribution in [0.25, 0.3) is 10.9 Å². The number of nitrogens with zero attached hydrogens (tertiary/aromatic N) is 1. The van der Waals surface area contributed by atoms with Crippen LogP contribution in [0.4, 0.5) is 0 Å². The van der Waals surface area contributed by atoms with Crippen LogP contribution in [0.3, 0.4) is 0 Å². The van der Waals surface area contributed by atoms with Gasteiger partial charge in [0.25, 0.3) is 0 Å². The van der Waals surface area contributed by atoms with Gasteiger partial charge in [0.05, 0.1) is 26.2 Å². The fourth-order valence-corrected chi connectivity index (χ4v) is 3.82. The van der Waals surface area contributed by atoms with Crippen molar-refractivity contribution in [2.24, 2.45) is 0 Å². The standard InChI is InChI=1S/C19H30N2O.HI.H2O/c1-4-10-21(11-5-2,12-6-3)13-9-16-15-20-19-8-7-17(22)14-18(16)19;;/h7-8,14-15,20H,4-6,9-13H2,1-3H3;1H;1H2. The van der Waals surface area contributed by atoms with E-state index in [9.17, 15) is 5.11 Å². The lowest BCUT2D eigenvalue weighted by Crippen LogP contribution is -3.00. The van der Waals surface area contributed by atoms with Gasteiger partial charge in [0, 0.05) is 23.5 Å². The molecule has 0 saturated carbocycles. The predicted molar refractivity (Wildman–Crippen MR) is 97.9 cm³/mol. The van der Waals surface area contributed by atoms with Crippen molar-refractivity contribution in [1.29, 1.82) is 0 Å². The number of aromatic hydroxyl groups is 1. The molecule has 4 nitrogen and oxygen atoms in total. The molecule has 0 aliphatic heterocycles. The summed E-state index contributed by atoms with van der Waals surface area (Å²) in [7, 11) is 0. The van der Waals surface area contributed by atoms with Gasteiger partial charge in [0.2, 0.25) is 0 Å². The zero-order chi connectivity index (χ0) is 16.0. The van der Waals surface area contributed by atoms with Gasteiger partial charge >= 0.3 is 0 Å². The van der Waals surface area contributed by atoms with E-state index in [-0.39, 0.29) is 29.5 Å². The van der Waals surface area contributed by atoms with Crippen molar-refractivity contribution in [2.75, 3.05) is 26.2 Å². The fraction of sp³-hybridized carbons (Fsp3) is 0.579. The first-order valence-electron chi connectivity index (χ1n) is 8.78. The van der Waals surface area contributed by atoms with Gasteiger partial charge in [0.15, 0.2) is 0 Å². The average molecular weight is 448 g/mol. The maximum atomic E-state index is 9.74. The maximum Gasteiger partial charge on any atom is 0.116 e. The van der Waals surface area contributed by atoms with Crippen LogP contribution in [0.15, 0.2) is 24.4 Å². The molecule has 0 unspecified atom stereocenters. The molecule has 2 aromatic rings. The quantitative estimate of drug-likeness (QED) is 0.429. The van der Waals surface area contributed by atoms with Gasteiger partial charge in [-0.05, 0) is 43.0 Å². The lowest BCUT2D eigenvalue weighted by Gasteiger charge is -2.38. The van der Waals surface area contributed by atoms with Crippen LogP contribution >= 0.6 is 0 Å². The Balaban J connectivity index is 0.00000264. The molecule has 2 rings (SSSR count). The molecule has 0 saturated heterocycles. The number of halogens is 1. The average Bonchev–Trinajstić information content (AvgIpc) is 2.88. The molecule has 1 aromatic carbocycles. The van der Waals surface area contributed by atoms with Crippen LogP contribution in [0, 0.1) is 0 Å². The highest BCUT2D eigenvalue weighted by molar-refractivity contribution is 5.84. The molecule has 0 spiro atoms. The van der Waals surface area contributed by atoms with E-state index < -0.39 is 0 Å². The third kappa shape index (κ3) is 5.63. The molecule has 24 heavy (non-hydrogen) atoms. The Labute approximate surface area is 163 Å². The maximum absolute atomic E-state index is 9.74. The second-order valence-electron chi connectivity index (χ2n) is 6.53. The largest absolute Gasteiger partial charge is 1.00 e. The number of hydrogen-bond donors (Lipinski definition) is 2. The fourth-order valence-electron chi connectivity index (χ4n) is 3.82. The van der Waals surface area contributed by atoms with E-state index in [1.807, 2.05) is 12.1 Å². The summed E-state index contributed by atoms with van der Waals surface area (Å²) in [4.78, 5) is 3.33. The Morgan fingerprint density at radius 1 is 0.958 bits per heavy atom. The topological polar surface area (TPSA) is 67.5 Å². The predicted octanol–water partition coefficient (Wildman–Crippen LogP) is 0.642. The summed E-state index contributed by atoms with van der Waals surface area (Å²) in [6, 6.07) is 5.59. The van der Waals surface area contributed by atoms with Gasteiger partial charge in [-0.2, -0.15) is 0 Å². The molecule has 0 aliphatic rings. The van der Waals surface area contributed by atoms with E-state index >= 15 is 0 Å². The number of hydrogen-bond acceptors (Lipinski definition) is 1. The highest BCUT2D eigenvalue weighted by atomic mass is 127. The zero-order valence-corrected chi connectivity index (χ0v) is 17.4. The minimum atomic E-state index is 0. The smallest absolute Gasteiger partial charge is 0.116 e. The summed E-state index contributed by atoms with van der Waals surface area (Å²) in [5, 5.41) is 10.9. The Morgan fingerprint density at radius 2 is 1.54 bits per heavy atom. The highest BCUT2D eigenvalue weighted by Gasteiger charge is 2.24. The summed E-state index contributed by atoms with van der Waals surface area (Å²) in [5.41, 5.74) is 2.45. The number of nitrogens with one attached hydrogen (secondary N) is 1. The van der Waals surface area contributed by atoms with Crippen molar-refractivity contribution in [3.05, 3.63) is 30.0 Å². The van der Waals surface area contributed by atoms with Crippen molar-refractivity contribution in [3.63, 3.8) is 0 Å². The number of benzene rings is 1. The number of H-pyrrole nitrogens is 1. The van der Waals surface area contributed by atoms with E-state index in [1.54, 1.807) is 6.07 Å². The third-order valence-electron chi connectivity index (χ3n) is 4.70. The number of aromatic nitrogens is 1. The van der Waals surface area contributed by atoms with Gasteiger partial charge in [0.1, 0.15) is 5.75 Å². The van der Waals surface area contributed by atoms with Crippen LogP contribution in [0.5, 0.6) is 5.75 Å². The molecular formula is C19H33IN2O2. The second-order valence-corrected chi connectivity index (χ2v) is 6.53. The summed E-state index contributed by atoms with van der Waals surface area (Å²) >= 11 is 0. The number of phenols is 1. The van der Waals surface area contributed by atoms with E-state index in [4.69, 9.17) is 0 Å². The monoisotopic (exact) mass is 448 g/mol. The van der Waals surface area contributed by atoms with Crippen molar-refractivity contribution in [1.82, 2.24) is 4.98 Å². The van der Waals surface area contributed by atoms with Gasteiger partial charge in [-0.3, -0.25) is 0 Å². The first-order valence-corrected chi connectivity index (χ1v) is 8.78. The first-order chi connectivity index (χ1) is 10.6. The van der Waals surface area contributed by atoms with E-state index in [0.717, 1.165) is 11.9 Å². The molecule has 5 heteroatoms. The molecule has 0 bridgehead atoms. The van der Waals surface area contributed by atoms with Gasteiger partial charge in [-0.1, -0.05) is 20.8 Å². The number of rotatable bonds is 9. The van der Waals surface area contributed by atoms with E-state index in [1.165, 1.54) is 60.9 Å². The molecule has 0 fully saturated rings. The van der Waals surface area contributed by atoms with Crippen molar-refractivity contribution in [2.45, 2.75) is 46.5 Å². The summed E-state index contributed by atoms with van der Waals surface area (Å²) < 4.78 is 1.23. The SMILES string of the molecule is CCC[N+](CCC)(CCC)CCc1c[nH]c2ccc(O)cc12.O.[I-]. The van der Waals surface area contributed by atoms with Gasteiger partial charge < -0.3 is 44.0 Å². The Hall–Kier alpha value is -0.790. The number of aromatic amines is 1. The Bertz CT molecular complexity index is 581. The normalized spacial score (nSPS) is 11.1. The molecule has 0 atom stereocenters. The van der Waals surface area contributed by atoms with Gasteiger partial charge in [-0.15, -0.1) is 0 Å².